The first-order chi connectivity index (χ1) is 13.4. The fourth-order valence-electron chi connectivity index (χ4n) is 5.55. The highest BCUT2D eigenvalue weighted by atomic mass is 79.9. The zero-order chi connectivity index (χ0) is 20.0. The smallest absolute Gasteiger partial charge is 0.233 e. The highest BCUT2D eigenvalue weighted by Crippen LogP contribution is 2.56. The molecule has 28 heavy (non-hydrogen) atoms. The zero-order valence-corrected chi connectivity index (χ0v) is 18.0. The van der Waals surface area contributed by atoms with Crippen LogP contribution in [-0.4, -0.2) is 29.2 Å². The van der Waals surface area contributed by atoms with Crippen LogP contribution in [-0.2, 0) is 27.2 Å². The van der Waals surface area contributed by atoms with Gasteiger partial charge in [0.05, 0.1) is 11.8 Å². The molecule has 3 aliphatic rings. The second-order valence-corrected chi connectivity index (χ2v) is 9.23. The second-order valence-electron chi connectivity index (χ2n) is 8.32. The molecule has 5 nitrogen and oxygen atoms in total. The number of benzene rings is 1. The minimum absolute atomic E-state index is 0.0397. The largest absolute Gasteiger partial charge is 0.326 e. The molecule has 1 aliphatic heterocycles. The van der Waals surface area contributed by atoms with E-state index in [1.54, 1.807) is 0 Å². The molecule has 150 valence electrons. The van der Waals surface area contributed by atoms with Crippen molar-refractivity contribution in [3.05, 3.63) is 27.7 Å². The molecule has 3 amide bonds. The molecule has 4 atom stereocenters. The fraction of sp³-hybridized carbons (Fsp3) is 0.591. The number of nitrogens with one attached hydrogen (secondary N) is 1. The van der Waals surface area contributed by atoms with E-state index in [4.69, 9.17) is 0 Å². The van der Waals surface area contributed by atoms with E-state index >= 15 is 0 Å². The first-order valence-electron chi connectivity index (χ1n) is 10.4. The van der Waals surface area contributed by atoms with Crippen molar-refractivity contribution < 1.29 is 14.4 Å². The Balaban J connectivity index is 1.42. The van der Waals surface area contributed by atoms with E-state index in [-0.39, 0.29) is 42.5 Å². The highest BCUT2D eigenvalue weighted by molar-refractivity contribution is 9.10. The first-order valence-corrected chi connectivity index (χ1v) is 11.2. The number of carbonyl (C=O) groups excluding carboxylic acids is 3. The summed E-state index contributed by atoms with van der Waals surface area (Å²) in [7, 11) is 0. The number of imide groups is 1. The number of anilines is 1. The third-order valence-corrected chi connectivity index (χ3v) is 7.33. The maximum Gasteiger partial charge on any atom is 0.233 e. The minimum Gasteiger partial charge on any atom is -0.326 e. The van der Waals surface area contributed by atoms with Gasteiger partial charge in [-0.15, -0.1) is 0 Å². The average molecular weight is 447 g/mol. The van der Waals surface area contributed by atoms with Gasteiger partial charge in [-0.25, -0.2) is 0 Å². The molecule has 0 spiro atoms. The van der Waals surface area contributed by atoms with Crippen LogP contribution in [0.15, 0.2) is 16.6 Å². The Hall–Kier alpha value is -1.69. The summed E-state index contributed by atoms with van der Waals surface area (Å²) >= 11 is 3.53. The summed E-state index contributed by atoms with van der Waals surface area (Å²) in [6, 6.07) is 4.05. The van der Waals surface area contributed by atoms with Gasteiger partial charge >= 0.3 is 0 Å². The minimum atomic E-state index is -0.146. The molecular formula is C22H27BrN2O3. The first kappa shape index (κ1) is 19.6. The number of nitrogens with zero attached hydrogens (tertiary/aromatic N) is 1. The lowest BCUT2D eigenvalue weighted by atomic mass is 9.81. The number of aryl methyl sites for hydroxylation is 2. The number of hydrogen-bond acceptors (Lipinski definition) is 3. The van der Waals surface area contributed by atoms with Crippen molar-refractivity contribution in [2.45, 2.75) is 52.4 Å². The topological polar surface area (TPSA) is 66.5 Å². The van der Waals surface area contributed by atoms with Gasteiger partial charge in [0.15, 0.2) is 0 Å². The lowest BCUT2D eigenvalue weighted by Gasteiger charge is -2.19. The second kappa shape index (κ2) is 7.62. The molecule has 2 saturated carbocycles. The van der Waals surface area contributed by atoms with Gasteiger partial charge in [0.2, 0.25) is 17.7 Å². The summed E-state index contributed by atoms with van der Waals surface area (Å²) in [5.41, 5.74) is 3.03. The van der Waals surface area contributed by atoms with Gasteiger partial charge in [-0.05, 0) is 67.2 Å². The van der Waals surface area contributed by atoms with Crippen molar-refractivity contribution in [1.29, 1.82) is 0 Å². The summed E-state index contributed by atoms with van der Waals surface area (Å²) in [4.78, 5) is 39.5. The molecule has 0 aromatic heterocycles. The van der Waals surface area contributed by atoms with Crippen LogP contribution in [0.25, 0.3) is 0 Å². The van der Waals surface area contributed by atoms with Gasteiger partial charge in [-0.1, -0.05) is 29.8 Å². The predicted octanol–water partition coefficient (Wildman–Crippen LogP) is 3.93. The van der Waals surface area contributed by atoms with Crippen LogP contribution >= 0.6 is 15.9 Å². The Labute approximate surface area is 174 Å². The summed E-state index contributed by atoms with van der Waals surface area (Å²) < 4.78 is 1.01. The van der Waals surface area contributed by atoms with Crippen LogP contribution in [0.4, 0.5) is 5.69 Å². The normalized spacial score (nSPS) is 28.2. The molecule has 0 radical (unpaired) electrons. The van der Waals surface area contributed by atoms with Gasteiger partial charge in [-0.2, -0.15) is 0 Å². The van der Waals surface area contributed by atoms with E-state index in [9.17, 15) is 14.4 Å². The van der Waals surface area contributed by atoms with E-state index in [2.05, 4.69) is 35.1 Å². The van der Waals surface area contributed by atoms with Crippen LogP contribution in [0, 0.1) is 23.7 Å². The van der Waals surface area contributed by atoms with Crippen LogP contribution in [0.3, 0.4) is 0 Å². The predicted molar refractivity (Wildman–Crippen MR) is 111 cm³/mol. The van der Waals surface area contributed by atoms with Crippen LogP contribution in [0.1, 0.15) is 50.7 Å². The van der Waals surface area contributed by atoms with E-state index in [0.717, 1.165) is 53.4 Å². The van der Waals surface area contributed by atoms with Crippen LogP contribution < -0.4 is 5.32 Å². The summed E-state index contributed by atoms with van der Waals surface area (Å²) in [6.45, 7) is 4.31. The number of likely N-dealkylation sites (tertiary alicyclic amines) is 1. The average Bonchev–Trinajstić information content (AvgIpc) is 3.35. The lowest BCUT2D eigenvalue weighted by molar-refractivity contribution is -0.140. The Bertz CT molecular complexity index is 784. The third kappa shape index (κ3) is 3.19. The standard InChI is InChI=1S/C22H27BrN2O3/c1-3-12-10-16(23)11-13(4-2)20(12)24-17(26)7-8-25-21(27)18-14-5-6-15(9-14)19(18)22(25)28/h10-11,14-15,18-19H,3-9H2,1-2H3,(H,24,26)/t14-,15-,18+,19+/m0/s1. The zero-order valence-electron chi connectivity index (χ0n) is 16.5. The molecule has 1 N–H and O–H groups in total. The molecule has 4 rings (SSSR count). The molecular weight excluding hydrogens is 420 g/mol. The summed E-state index contributed by atoms with van der Waals surface area (Å²) in [5, 5.41) is 3.03. The van der Waals surface area contributed by atoms with Crippen LogP contribution in [0.5, 0.6) is 0 Å². The highest BCUT2D eigenvalue weighted by Gasteiger charge is 2.60. The van der Waals surface area contributed by atoms with E-state index in [1.807, 2.05) is 12.1 Å². The monoisotopic (exact) mass is 446 g/mol. The maximum absolute atomic E-state index is 12.8. The van der Waals surface area contributed by atoms with Crippen molar-refractivity contribution in [1.82, 2.24) is 4.90 Å². The van der Waals surface area contributed by atoms with Gasteiger partial charge in [-0.3, -0.25) is 19.3 Å². The lowest BCUT2D eigenvalue weighted by Crippen LogP contribution is -2.35. The molecule has 1 aromatic carbocycles. The van der Waals surface area contributed by atoms with Gasteiger partial charge in [0.1, 0.15) is 0 Å². The molecule has 1 saturated heterocycles. The number of amides is 3. The molecule has 1 aromatic rings. The summed E-state index contributed by atoms with van der Waals surface area (Å²) in [5.74, 6) is 0.314. The van der Waals surface area contributed by atoms with Gasteiger partial charge in [0.25, 0.3) is 0 Å². The van der Waals surface area contributed by atoms with Crippen molar-refractivity contribution in [3.8, 4) is 0 Å². The van der Waals surface area contributed by atoms with Crippen molar-refractivity contribution in [2.24, 2.45) is 23.7 Å². The summed E-state index contributed by atoms with van der Waals surface area (Å²) in [6.07, 6.45) is 4.96. The number of halogens is 1. The van der Waals surface area contributed by atoms with Gasteiger partial charge < -0.3 is 5.32 Å². The quantitative estimate of drug-likeness (QED) is 0.672. The molecule has 0 unspecified atom stereocenters. The maximum atomic E-state index is 12.8. The van der Waals surface area contributed by atoms with E-state index < -0.39 is 0 Å². The Morgan fingerprint density at radius 2 is 1.61 bits per heavy atom. The third-order valence-electron chi connectivity index (χ3n) is 6.87. The molecule has 1 heterocycles. The Kier molecular flexibility index (Phi) is 5.34. The Morgan fingerprint density at radius 1 is 1.07 bits per heavy atom. The number of hydrogen-bond donors (Lipinski definition) is 1. The number of rotatable bonds is 6. The van der Waals surface area contributed by atoms with E-state index in [0.29, 0.717) is 11.8 Å². The van der Waals surface area contributed by atoms with Crippen molar-refractivity contribution in [2.75, 3.05) is 11.9 Å². The molecule has 3 fully saturated rings. The molecule has 2 bridgehead atoms. The SMILES string of the molecule is CCc1cc(Br)cc(CC)c1NC(=O)CCN1C(=O)[C@@H]2[C@H]3CC[C@@H](C3)[C@H]2C1=O. The fourth-order valence-corrected chi connectivity index (χ4v) is 6.10. The van der Waals surface area contributed by atoms with E-state index in [1.165, 1.54) is 4.90 Å². The van der Waals surface area contributed by atoms with Crippen molar-refractivity contribution in [3.63, 3.8) is 0 Å². The van der Waals surface area contributed by atoms with Crippen molar-refractivity contribution >= 4 is 39.3 Å². The Morgan fingerprint density at radius 3 is 2.11 bits per heavy atom. The molecule has 6 heteroatoms. The van der Waals surface area contributed by atoms with Gasteiger partial charge in [0, 0.05) is 23.1 Å². The van der Waals surface area contributed by atoms with Crippen LogP contribution in [0.2, 0.25) is 0 Å². The number of carbonyl (C=O) groups is 3. The number of fused-ring (bicyclic) bond motifs is 5. The molecule has 2 aliphatic carbocycles.